The Kier molecular flexibility index (Phi) is 8.60. The lowest BCUT2D eigenvalue weighted by molar-refractivity contribution is 0.725. The fourth-order valence-electron chi connectivity index (χ4n) is 2.72. The second-order valence-electron chi connectivity index (χ2n) is 5.82. The zero-order valence-corrected chi connectivity index (χ0v) is 17.6. The van der Waals surface area contributed by atoms with Crippen LogP contribution in [0.3, 0.4) is 0 Å². The van der Waals surface area contributed by atoms with Crippen LogP contribution in [0.1, 0.15) is 25.6 Å². The van der Waals surface area contributed by atoms with Crippen molar-refractivity contribution < 1.29 is 0 Å². The molecule has 0 bridgehead atoms. The summed E-state index contributed by atoms with van der Waals surface area (Å²) in [7, 11) is 0. The summed E-state index contributed by atoms with van der Waals surface area (Å²) in [6, 6.07) is 10.2. The third-order valence-electron chi connectivity index (χ3n) is 3.97. The van der Waals surface area contributed by atoms with Crippen molar-refractivity contribution >= 4 is 41.7 Å². The van der Waals surface area contributed by atoms with Crippen molar-refractivity contribution in [3.8, 4) is 11.3 Å². The van der Waals surface area contributed by atoms with Crippen molar-refractivity contribution in [1.29, 1.82) is 0 Å². The van der Waals surface area contributed by atoms with Crippen LogP contribution in [0, 0.1) is 0 Å². The van der Waals surface area contributed by atoms with Gasteiger partial charge >= 0.3 is 0 Å². The molecule has 25 heavy (non-hydrogen) atoms. The summed E-state index contributed by atoms with van der Waals surface area (Å²) in [5.74, 6) is 3.03. The number of nitrogens with one attached hydrogen (secondary N) is 3. The molecule has 1 fully saturated rings. The Bertz CT molecular complexity index is 652. The third kappa shape index (κ3) is 6.22. The largest absolute Gasteiger partial charge is 0.357 e. The van der Waals surface area contributed by atoms with Crippen molar-refractivity contribution in [3.05, 3.63) is 42.4 Å². The number of benzene rings is 1. The molecule has 0 radical (unpaired) electrons. The first kappa shape index (κ1) is 20.1. The van der Waals surface area contributed by atoms with Crippen LogP contribution in [-0.4, -0.2) is 40.0 Å². The van der Waals surface area contributed by atoms with E-state index >= 15 is 0 Å². The summed E-state index contributed by atoms with van der Waals surface area (Å²) in [6.45, 7) is 4.46. The van der Waals surface area contributed by atoms with Gasteiger partial charge in [0, 0.05) is 18.3 Å². The van der Waals surface area contributed by atoms with Gasteiger partial charge in [-0.1, -0.05) is 30.3 Å². The molecule has 1 unspecified atom stereocenters. The molecule has 0 aliphatic carbocycles. The number of imidazole rings is 1. The number of hydrogen-bond acceptors (Lipinski definition) is 3. The minimum Gasteiger partial charge on any atom is -0.357 e. The van der Waals surface area contributed by atoms with Gasteiger partial charge in [-0.25, -0.2) is 9.98 Å². The highest BCUT2D eigenvalue weighted by Crippen LogP contribution is 2.25. The fraction of sp³-hybridized carbons (Fsp3) is 0.444. The van der Waals surface area contributed by atoms with Crippen molar-refractivity contribution in [1.82, 2.24) is 20.6 Å². The second kappa shape index (κ2) is 10.7. The molecule has 0 spiro atoms. The molecule has 1 aliphatic rings. The van der Waals surface area contributed by atoms with Gasteiger partial charge in [-0.05, 0) is 31.1 Å². The normalized spacial score (nSPS) is 17.2. The van der Waals surface area contributed by atoms with Gasteiger partial charge in [0.15, 0.2) is 5.96 Å². The van der Waals surface area contributed by atoms with Gasteiger partial charge in [0.25, 0.3) is 0 Å². The van der Waals surface area contributed by atoms with E-state index < -0.39 is 0 Å². The molecule has 1 atom stereocenters. The highest BCUT2D eigenvalue weighted by atomic mass is 127. The number of aliphatic imine (C=N–C) groups is 1. The second-order valence-corrected chi connectivity index (χ2v) is 7.23. The first-order valence-corrected chi connectivity index (χ1v) is 9.63. The van der Waals surface area contributed by atoms with E-state index in [0.29, 0.717) is 11.8 Å². The summed E-state index contributed by atoms with van der Waals surface area (Å²) >= 11 is 2.05. The Morgan fingerprint density at radius 2 is 2.16 bits per heavy atom. The Morgan fingerprint density at radius 3 is 2.88 bits per heavy atom. The van der Waals surface area contributed by atoms with Gasteiger partial charge in [0.05, 0.1) is 11.9 Å². The average molecular weight is 471 g/mol. The highest BCUT2D eigenvalue weighted by molar-refractivity contribution is 14.0. The van der Waals surface area contributed by atoms with Gasteiger partial charge < -0.3 is 15.6 Å². The van der Waals surface area contributed by atoms with E-state index in [4.69, 9.17) is 0 Å². The molecule has 0 amide bonds. The molecule has 7 heteroatoms. The van der Waals surface area contributed by atoms with Crippen LogP contribution in [0.2, 0.25) is 0 Å². The van der Waals surface area contributed by atoms with Crippen LogP contribution in [0.4, 0.5) is 0 Å². The number of thioether (sulfide) groups is 1. The van der Waals surface area contributed by atoms with Crippen LogP contribution in [-0.2, 0) is 6.54 Å². The Morgan fingerprint density at radius 1 is 1.32 bits per heavy atom. The van der Waals surface area contributed by atoms with Crippen LogP contribution >= 0.6 is 35.7 Å². The molecule has 1 aromatic heterocycles. The third-order valence-corrected chi connectivity index (χ3v) is 5.36. The number of hydrogen-bond donors (Lipinski definition) is 3. The first-order chi connectivity index (χ1) is 11.8. The van der Waals surface area contributed by atoms with E-state index in [1.807, 2.05) is 24.4 Å². The number of guanidine groups is 1. The Hall–Kier alpha value is -1.22. The molecule has 2 aromatic rings. The molecule has 0 saturated carbocycles. The summed E-state index contributed by atoms with van der Waals surface area (Å²) in [5.41, 5.74) is 2.17. The lowest BCUT2D eigenvalue weighted by Gasteiger charge is -2.14. The SMILES string of the molecule is CCNC(=NCc1ncc(-c2ccccc2)[nH]1)NCC1CCCS1.I. The topological polar surface area (TPSA) is 65.1 Å². The molecular weight excluding hydrogens is 445 g/mol. The van der Waals surface area contributed by atoms with E-state index in [2.05, 4.69) is 56.4 Å². The smallest absolute Gasteiger partial charge is 0.191 e. The molecule has 1 aliphatic heterocycles. The predicted octanol–water partition coefficient (Wildman–Crippen LogP) is 3.65. The molecule has 136 valence electrons. The molecule has 1 saturated heterocycles. The maximum atomic E-state index is 4.64. The van der Waals surface area contributed by atoms with Gasteiger partial charge in [0.1, 0.15) is 12.4 Å². The lowest BCUT2D eigenvalue weighted by Crippen LogP contribution is -2.40. The Balaban J connectivity index is 0.00000225. The van der Waals surface area contributed by atoms with Gasteiger partial charge in [0.2, 0.25) is 0 Å². The maximum Gasteiger partial charge on any atom is 0.191 e. The van der Waals surface area contributed by atoms with E-state index in [1.54, 1.807) is 0 Å². The molecule has 3 rings (SSSR count). The maximum absolute atomic E-state index is 4.64. The van der Waals surface area contributed by atoms with Gasteiger partial charge in [-0.15, -0.1) is 24.0 Å². The average Bonchev–Trinajstić information content (AvgIpc) is 3.30. The van der Waals surface area contributed by atoms with Crippen molar-refractivity contribution in [3.63, 3.8) is 0 Å². The Labute approximate surface area is 170 Å². The summed E-state index contributed by atoms with van der Waals surface area (Å²) in [5, 5.41) is 7.46. The molecule has 1 aromatic carbocycles. The minimum atomic E-state index is 0. The van der Waals surface area contributed by atoms with Crippen molar-refractivity contribution in [2.45, 2.75) is 31.6 Å². The number of rotatable bonds is 6. The predicted molar refractivity (Wildman–Crippen MR) is 118 cm³/mol. The summed E-state index contributed by atoms with van der Waals surface area (Å²) in [6.07, 6.45) is 4.50. The standard InChI is InChI=1S/C18H25N5S.HI/c1-2-19-18(21-11-15-9-6-10-24-15)22-13-17-20-12-16(23-17)14-7-4-3-5-8-14;/h3-5,7-8,12,15H,2,6,9-11,13H2,1H3,(H,20,23)(H2,19,21,22);1H. The van der Waals surface area contributed by atoms with Crippen LogP contribution < -0.4 is 10.6 Å². The number of aromatic nitrogens is 2. The van der Waals surface area contributed by atoms with E-state index in [0.717, 1.165) is 36.1 Å². The van der Waals surface area contributed by atoms with Gasteiger partial charge in [-0.3, -0.25) is 0 Å². The van der Waals surface area contributed by atoms with Crippen LogP contribution in [0.15, 0.2) is 41.5 Å². The number of nitrogens with zero attached hydrogens (tertiary/aromatic N) is 2. The molecular formula is C18H26IN5S. The van der Waals surface area contributed by atoms with E-state index in [-0.39, 0.29) is 24.0 Å². The molecule has 5 nitrogen and oxygen atoms in total. The monoisotopic (exact) mass is 471 g/mol. The highest BCUT2D eigenvalue weighted by Gasteiger charge is 2.15. The number of halogens is 1. The minimum absolute atomic E-state index is 0. The van der Waals surface area contributed by atoms with E-state index in [9.17, 15) is 0 Å². The van der Waals surface area contributed by atoms with E-state index in [1.165, 1.54) is 18.6 Å². The molecule has 2 heterocycles. The number of H-pyrrole nitrogens is 1. The van der Waals surface area contributed by atoms with Crippen LogP contribution in [0.5, 0.6) is 0 Å². The van der Waals surface area contributed by atoms with Crippen LogP contribution in [0.25, 0.3) is 11.3 Å². The molecule has 3 N–H and O–H groups in total. The zero-order valence-electron chi connectivity index (χ0n) is 14.5. The first-order valence-electron chi connectivity index (χ1n) is 8.58. The fourth-order valence-corrected chi connectivity index (χ4v) is 3.92. The quantitative estimate of drug-likeness (QED) is 0.342. The summed E-state index contributed by atoms with van der Waals surface area (Å²) in [4.78, 5) is 12.4. The van der Waals surface area contributed by atoms with Crippen molar-refractivity contribution in [2.75, 3.05) is 18.8 Å². The summed E-state index contributed by atoms with van der Waals surface area (Å²) < 4.78 is 0. The zero-order chi connectivity index (χ0) is 16.6. The lowest BCUT2D eigenvalue weighted by atomic mass is 10.2. The van der Waals surface area contributed by atoms with Gasteiger partial charge in [-0.2, -0.15) is 11.8 Å². The van der Waals surface area contributed by atoms with Crippen molar-refractivity contribution in [2.24, 2.45) is 4.99 Å². The number of aromatic amines is 1.